The zero-order valence-corrected chi connectivity index (χ0v) is 12.9. The van der Waals surface area contributed by atoms with Gasteiger partial charge in [0.1, 0.15) is 12.4 Å². The lowest BCUT2D eigenvalue weighted by Crippen LogP contribution is -2.33. The SMILES string of the molecule is CCN(CC)c1cc[c]c(OCCN2CCCCC2)c1. The third-order valence-electron chi connectivity index (χ3n) is 4.00. The van der Waals surface area contributed by atoms with Crippen LogP contribution in [0.15, 0.2) is 18.2 Å². The molecule has 1 aromatic rings. The number of hydrogen-bond donors (Lipinski definition) is 0. The summed E-state index contributed by atoms with van der Waals surface area (Å²) in [5, 5.41) is 0. The first-order chi connectivity index (χ1) is 9.83. The highest BCUT2D eigenvalue weighted by molar-refractivity contribution is 5.50. The van der Waals surface area contributed by atoms with E-state index in [2.05, 4.69) is 41.8 Å². The Morgan fingerprint density at radius 3 is 2.65 bits per heavy atom. The van der Waals surface area contributed by atoms with Gasteiger partial charge >= 0.3 is 0 Å². The molecule has 1 aliphatic rings. The Balaban J connectivity index is 1.81. The number of anilines is 1. The highest BCUT2D eigenvalue weighted by Gasteiger charge is 2.09. The molecule has 1 fully saturated rings. The van der Waals surface area contributed by atoms with E-state index in [1.54, 1.807) is 0 Å². The molecule has 0 N–H and O–H groups in total. The van der Waals surface area contributed by atoms with Crippen LogP contribution in [-0.4, -0.2) is 44.2 Å². The lowest BCUT2D eigenvalue weighted by atomic mass is 10.1. The van der Waals surface area contributed by atoms with Crippen LogP contribution in [0.4, 0.5) is 5.69 Å². The molecular weight excluding hydrogens is 248 g/mol. The molecule has 1 radical (unpaired) electrons. The first-order valence-electron chi connectivity index (χ1n) is 7.95. The van der Waals surface area contributed by atoms with E-state index in [0.29, 0.717) is 0 Å². The molecule has 111 valence electrons. The van der Waals surface area contributed by atoms with Crippen molar-refractivity contribution in [3.63, 3.8) is 0 Å². The first-order valence-corrected chi connectivity index (χ1v) is 7.95. The number of rotatable bonds is 7. The molecule has 0 spiro atoms. The van der Waals surface area contributed by atoms with Gasteiger partial charge in [-0.15, -0.1) is 0 Å². The summed E-state index contributed by atoms with van der Waals surface area (Å²) in [4.78, 5) is 4.82. The molecule has 3 heteroatoms. The smallest absolute Gasteiger partial charge is 0.129 e. The minimum Gasteiger partial charge on any atom is -0.492 e. The van der Waals surface area contributed by atoms with E-state index in [4.69, 9.17) is 4.74 Å². The van der Waals surface area contributed by atoms with Crippen LogP contribution in [0.3, 0.4) is 0 Å². The molecule has 0 aliphatic carbocycles. The van der Waals surface area contributed by atoms with E-state index in [0.717, 1.165) is 32.0 Å². The zero-order chi connectivity index (χ0) is 14.2. The van der Waals surface area contributed by atoms with Crippen LogP contribution < -0.4 is 9.64 Å². The summed E-state index contributed by atoms with van der Waals surface area (Å²) >= 11 is 0. The highest BCUT2D eigenvalue weighted by Crippen LogP contribution is 2.20. The van der Waals surface area contributed by atoms with Crippen LogP contribution in [0.5, 0.6) is 5.75 Å². The molecule has 1 saturated heterocycles. The van der Waals surface area contributed by atoms with Crippen molar-refractivity contribution in [2.45, 2.75) is 33.1 Å². The predicted octanol–water partition coefficient (Wildman–Crippen LogP) is 3.20. The fraction of sp³-hybridized carbons (Fsp3) is 0.647. The van der Waals surface area contributed by atoms with Crippen LogP contribution in [0.1, 0.15) is 33.1 Å². The molecule has 0 atom stereocenters. The minimum absolute atomic E-state index is 0.762. The molecule has 0 saturated carbocycles. The maximum Gasteiger partial charge on any atom is 0.129 e. The van der Waals surface area contributed by atoms with Crippen molar-refractivity contribution in [1.82, 2.24) is 4.90 Å². The van der Waals surface area contributed by atoms with Gasteiger partial charge in [0.05, 0.1) is 0 Å². The van der Waals surface area contributed by atoms with Gasteiger partial charge in [-0.2, -0.15) is 0 Å². The summed E-state index contributed by atoms with van der Waals surface area (Å²) in [6.45, 7) is 10.6. The second-order valence-corrected chi connectivity index (χ2v) is 5.33. The van der Waals surface area contributed by atoms with Crippen molar-refractivity contribution in [3.8, 4) is 5.75 Å². The Kier molecular flexibility index (Phi) is 6.19. The van der Waals surface area contributed by atoms with E-state index in [1.165, 1.54) is 38.0 Å². The molecule has 0 unspecified atom stereocenters. The lowest BCUT2D eigenvalue weighted by Gasteiger charge is -2.26. The number of hydrogen-bond acceptors (Lipinski definition) is 3. The zero-order valence-electron chi connectivity index (χ0n) is 12.9. The Morgan fingerprint density at radius 2 is 1.95 bits per heavy atom. The predicted molar refractivity (Wildman–Crippen MR) is 84.6 cm³/mol. The highest BCUT2D eigenvalue weighted by atomic mass is 16.5. The van der Waals surface area contributed by atoms with Crippen LogP contribution in [0.25, 0.3) is 0 Å². The summed E-state index contributed by atoms with van der Waals surface area (Å²) in [6, 6.07) is 9.35. The van der Waals surface area contributed by atoms with E-state index in [-0.39, 0.29) is 0 Å². The maximum absolute atomic E-state index is 5.86. The number of nitrogens with zero attached hydrogens (tertiary/aromatic N) is 2. The molecule has 3 nitrogen and oxygen atoms in total. The van der Waals surface area contributed by atoms with Crippen molar-refractivity contribution in [2.24, 2.45) is 0 Å². The van der Waals surface area contributed by atoms with E-state index in [1.807, 2.05) is 6.07 Å². The topological polar surface area (TPSA) is 15.7 Å². The number of benzene rings is 1. The largest absolute Gasteiger partial charge is 0.492 e. The van der Waals surface area contributed by atoms with Crippen molar-refractivity contribution in [2.75, 3.05) is 44.2 Å². The van der Waals surface area contributed by atoms with Crippen molar-refractivity contribution in [3.05, 3.63) is 24.3 Å². The normalized spacial score (nSPS) is 16.1. The quantitative estimate of drug-likeness (QED) is 0.760. The first kappa shape index (κ1) is 15.2. The van der Waals surface area contributed by atoms with Gasteiger partial charge in [0, 0.05) is 37.5 Å². The summed E-state index contributed by atoms with van der Waals surface area (Å²) < 4.78 is 5.86. The molecule has 0 aromatic heterocycles. The maximum atomic E-state index is 5.86. The number of likely N-dealkylation sites (tertiary alicyclic amines) is 1. The summed E-state index contributed by atoms with van der Waals surface area (Å²) in [5.74, 6) is 0.867. The Hall–Kier alpha value is -1.22. The minimum atomic E-state index is 0.762. The van der Waals surface area contributed by atoms with E-state index < -0.39 is 0 Å². The fourth-order valence-electron chi connectivity index (χ4n) is 2.77. The van der Waals surface area contributed by atoms with Crippen molar-refractivity contribution in [1.29, 1.82) is 0 Å². The summed E-state index contributed by atoms with van der Waals surface area (Å²) in [7, 11) is 0. The van der Waals surface area contributed by atoms with Gasteiger partial charge in [-0.3, -0.25) is 4.90 Å². The van der Waals surface area contributed by atoms with Gasteiger partial charge in [-0.25, -0.2) is 0 Å². The van der Waals surface area contributed by atoms with Crippen LogP contribution in [0, 0.1) is 6.07 Å². The lowest BCUT2D eigenvalue weighted by molar-refractivity contribution is 0.183. The van der Waals surface area contributed by atoms with Crippen LogP contribution in [-0.2, 0) is 0 Å². The molecule has 20 heavy (non-hydrogen) atoms. The van der Waals surface area contributed by atoms with Crippen LogP contribution in [0.2, 0.25) is 0 Å². The fourth-order valence-corrected chi connectivity index (χ4v) is 2.77. The Labute approximate surface area is 123 Å². The molecule has 0 amide bonds. The molecule has 0 bridgehead atoms. The van der Waals surface area contributed by atoms with Crippen LogP contribution >= 0.6 is 0 Å². The van der Waals surface area contributed by atoms with Gasteiger partial charge in [-0.05, 0) is 51.9 Å². The molecule has 2 rings (SSSR count). The second-order valence-electron chi connectivity index (χ2n) is 5.33. The Morgan fingerprint density at radius 1 is 1.20 bits per heavy atom. The summed E-state index contributed by atoms with van der Waals surface area (Å²) in [5.41, 5.74) is 1.22. The molecule has 1 aliphatic heterocycles. The van der Waals surface area contributed by atoms with Gasteiger partial charge in [0.2, 0.25) is 0 Å². The second kappa shape index (κ2) is 8.15. The third kappa shape index (κ3) is 4.41. The van der Waals surface area contributed by atoms with E-state index >= 15 is 0 Å². The van der Waals surface area contributed by atoms with Gasteiger partial charge in [-0.1, -0.05) is 6.42 Å². The third-order valence-corrected chi connectivity index (χ3v) is 4.00. The van der Waals surface area contributed by atoms with Crippen molar-refractivity contribution < 1.29 is 4.74 Å². The Bertz CT molecular complexity index is 384. The average Bonchev–Trinajstić information content (AvgIpc) is 2.50. The number of piperidine rings is 1. The average molecular weight is 275 g/mol. The molecule has 1 aromatic carbocycles. The van der Waals surface area contributed by atoms with Gasteiger partial charge in [0.25, 0.3) is 0 Å². The number of ether oxygens (including phenoxy) is 1. The standard InChI is InChI=1S/C17H27N2O/c1-3-19(4-2)16-9-8-10-17(15-16)20-14-13-18-11-6-5-7-12-18/h8-9,15H,3-7,11-14H2,1-2H3. The van der Waals surface area contributed by atoms with E-state index in [9.17, 15) is 0 Å². The van der Waals surface area contributed by atoms with Crippen molar-refractivity contribution >= 4 is 5.69 Å². The monoisotopic (exact) mass is 275 g/mol. The van der Waals surface area contributed by atoms with Gasteiger partial charge < -0.3 is 9.64 Å². The molecular formula is C17H27N2O. The van der Waals surface area contributed by atoms with Gasteiger partial charge in [0.15, 0.2) is 0 Å². The summed E-state index contributed by atoms with van der Waals surface area (Å²) in [6.07, 6.45) is 4.06. The molecule has 1 heterocycles.